The molecule has 11 heteroatoms. The van der Waals surface area contributed by atoms with Crippen LogP contribution in [0.2, 0.25) is 0 Å². The summed E-state index contributed by atoms with van der Waals surface area (Å²) in [6.07, 6.45) is -3.13. The van der Waals surface area contributed by atoms with E-state index in [2.05, 4.69) is 5.32 Å². The number of hydroxylamine groups is 1. The molecule has 0 fully saturated rings. The number of sulfonamides is 1. The summed E-state index contributed by atoms with van der Waals surface area (Å²) in [7, 11) is -4.22. The highest BCUT2D eigenvalue weighted by molar-refractivity contribution is 7.89. The molecular formula is C20H28N4O6S. The number of anilines is 2. The van der Waals surface area contributed by atoms with Crippen molar-refractivity contribution in [2.75, 3.05) is 18.0 Å². The topological polar surface area (TPSA) is 168 Å². The van der Waals surface area contributed by atoms with E-state index >= 15 is 0 Å². The molecule has 0 bridgehead atoms. The lowest BCUT2D eigenvalue weighted by atomic mass is 10.0. The SMILES string of the molecule is CC(C)ON(C[C@@H](O)[C@H](Cc1ccccc1)NC(=O)O)S(=O)(=O)c1ccc(N)c(N)c1. The van der Waals surface area contributed by atoms with E-state index in [4.69, 9.17) is 16.3 Å². The van der Waals surface area contributed by atoms with Gasteiger partial charge in [0.05, 0.1) is 41.1 Å². The summed E-state index contributed by atoms with van der Waals surface area (Å²) in [6, 6.07) is 11.8. The molecule has 2 atom stereocenters. The van der Waals surface area contributed by atoms with Crippen LogP contribution >= 0.6 is 0 Å². The number of amides is 1. The highest BCUT2D eigenvalue weighted by Crippen LogP contribution is 2.24. The van der Waals surface area contributed by atoms with Crippen molar-refractivity contribution in [3.63, 3.8) is 0 Å². The van der Waals surface area contributed by atoms with E-state index in [0.717, 1.165) is 5.56 Å². The van der Waals surface area contributed by atoms with Crippen molar-refractivity contribution in [1.29, 1.82) is 0 Å². The van der Waals surface area contributed by atoms with Gasteiger partial charge in [-0.15, -0.1) is 0 Å². The fourth-order valence-electron chi connectivity index (χ4n) is 2.85. The Labute approximate surface area is 181 Å². The number of aliphatic hydroxyl groups is 1. The first kappa shape index (κ1) is 24.4. The van der Waals surface area contributed by atoms with Gasteiger partial charge in [-0.2, -0.15) is 0 Å². The Morgan fingerprint density at radius 3 is 2.32 bits per heavy atom. The highest BCUT2D eigenvalue weighted by Gasteiger charge is 2.32. The van der Waals surface area contributed by atoms with E-state index in [-0.39, 0.29) is 22.7 Å². The number of nitrogens with zero attached hydrogens (tertiary/aromatic N) is 1. The van der Waals surface area contributed by atoms with Gasteiger partial charge in [0, 0.05) is 0 Å². The van der Waals surface area contributed by atoms with Crippen LogP contribution in [0.5, 0.6) is 0 Å². The van der Waals surface area contributed by atoms with E-state index in [1.54, 1.807) is 38.1 Å². The minimum Gasteiger partial charge on any atom is -0.465 e. The molecule has 0 radical (unpaired) electrons. The quantitative estimate of drug-likeness (QED) is 0.266. The number of benzene rings is 2. The molecule has 0 spiro atoms. The van der Waals surface area contributed by atoms with E-state index in [0.29, 0.717) is 4.47 Å². The second-order valence-corrected chi connectivity index (χ2v) is 9.08. The predicted molar refractivity (Wildman–Crippen MR) is 116 cm³/mol. The first-order valence-corrected chi connectivity index (χ1v) is 11.0. The Hall–Kier alpha value is -2.86. The second-order valence-electron chi connectivity index (χ2n) is 7.25. The maximum atomic E-state index is 13.1. The third kappa shape index (κ3) is 6.82. The minimum absolute atomic E-state index is 0.0839. The summed E-state index contributed by atoms with van der Waals surface area (Å²) < 4.78 is 26.9. The molecule has 1 amide bonds. The lowest BCUT2D eigenvalue weighted by Crippen LogP contribution is -2.50. The van der Waals surface area contributed by atoms with Gasteiger partial charge in [-0.05, 0) is 44.0 Å². The van der Waals surface area contributed by atoms with Crippen LogP contribution in [0.15, 0.2) is 53.4 Å². The molecule has 0 aliphatic carbocycles. The molecule has 0 aromatic heterocycles. The van der Waals surface area contributed by atoms with Gasteiger partial charge in [0.1, 0.15) is 0 Å². The molecule has 0 heterocycles. The van der Waals surface area contributed by atoms with E-state index in [9.17, 15) is 23.4 Å². The standard InChI is InChI=1S/C20H28N4O6S/c1-13(2)30-24(31(28,29)15-8-9-16(21)17(22)11-15)12-19(25)18(23-20(26)27)10-14-6-4-3-5-7-14/h3-9,11,13,18-19,23,25H,10,12,21-22H2,1-2H3,(H,26,27)/t18-,19+/m0/s1. The van der Waals surface area contributed by atoms with E-state index in [1.165, 1.54) is 18.2 Å². The first-order valence-electron chi connectivity index (χ1n) is 9.56. The van der Waals surface area contributed by atoms with Gasteiger partial charge in [-0.25, -0.2) is 13.2 Å². The van der Waals surface area contributed by atoms with Gasteiger partial charge in [-0.3, -0.25) is 4.84 Å². The molecule has 0 aliphatic rings. The highest BCUT2D eigenvalue weighted by atomic mass is 32.2. The maximum Gasteiger partial charge on any atom is 0.404 e. The fraction of sp³-hybridized carbons (Fsp3) is 0.350. The van der Waals surface area contributed by atoms with Crippen LogP contribution in [0.1, 0.15) is 19.4 Å². The maximum absolute atomic E-state index is 13.1. The number of hydrogen-bond donors (Lipinski definition) is 5. The summed E-state index contributed by atoms with van der Waals surface area (Å²) in [4.78, 5) is 16.5. The average molecular weight is 453 g/mol. The second kappa shape index (κ2) is 10.4. The van der Waals surface area contributed by atoms with Crippen molar-refractivity contribution in [1.82, 2.24) is 9.79 Å². The summed E-state index contributed by atoms with van der Waals surface area (Å²) in [5.74, 6) is 0. The van der Waals surface area contributed by atoms with Gasteiger partial charge in [-0.1, -0.05) is 34.8 Å². The molecule has 2 aromatic carbocycles. The van der Waals surface area contributed by atoms with E-state index in [1.807, 2.05) is 6.07 Å². The Kier molecular flexibility index (Phi) is 8.22. The molecule has 10 nitrogen and oxygen atoms in total. The summed E-state index contributed by atoms with van der Waals surface area (Å²) in [6.45, 7) is 2.75. The molecule has 0 saturated carbocycles. The number of rotatable bonds is 10. The number of carboxylic acid groups (broad SMARTS) is 1. The predicted octanol–water partition coefficient (Wildman–Crippen LogP) is 1.42. The van der Waals surface area contributed by atoms with Gasteiger partial charge < -0.3 is 27.0 Å². The fourth-order valence-corrected chi connectivity index (χ4v) is 4.24. The van der Waals surface area contributed by atoms with Gasteiger partial charge >= 0.3 is 6.09 Å². The monoisotopic (exact) mass is 452 g/mol. The molecule has 7 N–H and O–H groups in total. The molecule has 0 unspecified atom stereocenters. The van der Waals surface area contributed by atoms with Crippen LogP contribution in [-0.2, 0) is 21.3 Å². The number of hydrogen-bond acceptors (Lipinski definition) is 7. The van der Waals surface area contributed by atoms with Gasteiger partial charge in [0.2, 0.25) is 0 Å². The van der Waals surface area contributed by atoms with Crippen molar-refractivity contribution < 1.29 is 28.3 Å². The number of nitrogens with one attached hydrogen (secondary N) is 1. The molecule has 0 saturated heterocycles. The van der Waals surface area contributed by atoms with Crippen LogP contribution in [0.3, 0.4) is 0 Å². The van der Waals surface area contributed by atoms with Gasteiger partial charge in [0.15, 0.2) is 0 Å². The summed E-state index contributed by atoms with van der Waals surface area (Å²) >= 11 is 0. The molecule has 2 aromatic rings. The molecule has 2 rings (SSSR count). The number of nitrogen functional groups attached to an aromatic ring is 2. The van der Waals surface area contributed by atoms with Crippen LogP contribution in [0, 0.1) is 0 Å². The molecule has 170 valence electrons. The normalized spacial score (nSPS) is 13.8. The number of nitrogens with two attached hydrogens (primary N) is 2. The average Bonchev–Trinajstić information content (AvgIpc) is 2.69. The van der Waals surface area contributed by atoms with Crippen molar-refractivity contribution in [2.24, 2.45) is 0 Å². The number of carbonyl (C=O) groups is 1. The molecule has 31 heavy (non-hydrogen) atoms. The smallest absolute Gasteiger partial charge is 0.404 e. The third-order valence-electron chi connectivity index (χ3n) is 4.36. The Balaban J connectivity index is 2.31. The van der Waals surface area contributed by atoms with Crippen LogP contribution in [-0.4, -0.2) is 54.0 Å². The van der Waals surface area contributed by atoms with Crippen LogP contribution in [0.4, 0.5) is 16.2 Å². The largest absolute Gasteiger partial charge is 0.465 e. The van der Waals surface area contributed by atoms with Crippen molar-refractivity contribution in [3.8, 4) is 0 Å². The Morgan fingerprint density at radius 1 is 1.13 bits per heavy atom. The van der Waals surface area contributed by atoms with Crippen LogP contribution in [0.25, 0.3) is 0 Å². The summed E-state index contributed by atoms with van der Waals surface area (Å²) in [5, 5.41) is 22.2. The molecular weight excluding hydrogens is 424 g/mol. The zero-order chi connectivity index (χ0) is 23.2. The molecule has 0 aliphatic heterocycles. The number of aliphatic hydroxyl groups excluding tert-OH is 1. The third-order valence-corrected chi connectivity index (χ3v) is 5.98. The lowest BCUT2D eigenvalue weighted by Gasteiger charge is -2.29. The summed E-state index contributed by atoms with van der Waals surface area (Å²) in [5.41, 5.74) is 12.5. The minimum atomic E-state index is -4.22. The first-order chi connectivity index (χ1) is 14.5. The van der Waals surface area contributed by atoms with Crippen molar-refractivity contribution in [2.45, 2.75) is 43.4 Å². The van der Waals surface area contributed by atoms with Crippen molar-refractivity contribution in [3.05, 3.63) is 54.1 Å². The van der Waals surface area contributed by atoms with E-state index < -0.39 is 40.9 Å². The van der Waals surface area contributed by atoms with Gasteiger partial charge in [0.25, 0.3) is 10.0 Å². The zero-order valence-electron chi connectivity index (χ0n) is 17.3. The van der Waals surface area contributed by atoms with Crippen molar-refractivity contribution >= 4 is 27.5 Å². The lowest BCUT2D eigenvalue weighted by molar-refractivity contribution is -0.136. The van der Waals surface area contributed by atoms with Crippen LogP contribution < -0.4 is 16.8 Å². The zero-order valence-corrected chi connectivity index (χ0v) is 18.1. The Morgan fingerprint density at radius 2 is 1.77 bits per heavy atom. The Bertz CT molecular complexity index is 984.